The fourth-order valence-electron chi connectivity index (χ4n) is 2.66. The van der Waals surface area contributed by atoms with E-state index in [-0.39, 0.29) is 30.3 Å². The molecule has 1 aromatic rings. The fourth-order valence-corrected chi connectivity index (χ4v) is 2.66. The molecular weight excluding hydrogens is 278 g/mol. The predicted molar refractivity (Wildman–Crippen MR) is 77.7 cm³/mol. The third kappa shape index (κ3) is 2.78. The van der Waals surface area contributed by atoms with E-state index in [1.807, 2.05) is 18.2 Å². The Kier molecular flexibility index (Phi) is 4.30. The number of hydrogen-bond acceptors (Lipinski definition) is 3. The Morgan fingerprint density at radius 1 is 1.35 bits per heavy atom. The maximum Gasteiger partial charge on any atom is 0.251 e. The minimum absolute atomic E-state index is 0. The van der Waals surface area contributed by atoms with Crippen LogP contribution in [0.15, 0.2) is 18.2 Å². The SMILES string of the molecule is CN1CC(NC(=O)c2ccc3c(c2)CNC3)CC1=O.Cl. The molecule has 0 aromatic heterocycles. The number of carbonyl (C=O) groups excluding carboxylic acids is 2. The molecule has 0 saturated carbocycles. The second-order valence-corrected chi connectivity index (χ2v) is 5.24. The van der Waals surface area contributed by atoms with Gasteiger partial charge in [0.1, 0.15) is 0 Å². The summed E-state index contributed by atoms with van der Waals surface area (Å²) in [6, 6.07) is 5.71. The first-order valence-electron chi connectivity index (χ1n) is 6.51. The average Bonchev–Trinajstić information content (AvgIpc) is 2.96. The van der Waals surface area contributed by atoms with Gasteiger partial charge in [-0.1, -0.05) is 6.07 Å². The molecule has 6 heteroatoms. The molecule has 1 aromatic carbocycles. The number of halogens is 1. The second kappa shape index (κ2) is 5.81. The first-order valence-corrected chi connectivity index (χ1v) is 6.51. The monoisotopic (exact) mass is 295 g/mol. The van der Waals surface area contributed by atoms with Gasteiger partial charge in [0.05, 0.1) is 6.04 Å². The summed E-state index contributed by atoms with van der Waals surface area (Å²) in [4.78, 5) is 25.2. The Labute approximate surface area is 124 Å². The van der Waals surface area contributed by atoms with E-state index in [0.29, 0.717) is 18.5 Å². The minimum atomic E-state index is -0.0946. The van der Waals surface area contributed by atoms with Crippen LogP contribution < -0.4 is 10.6 Å². The number of amides is 2. The van der Waals surface area contributed by atoms with E-state index in [1.54, 1.807) is 11.9 Å². The lowest BCUT2D eigenvalue weighted by molar-refractivity contribution is -0.126. The second-order valence-electron chi connectivity index (χ2n) is 5.24. The lowest BCUT2D eigenvalue weighted by Crippen LogP contribution is -2.36. The largest absolute Gasteiger partial charge is 0.347 e. The third-order valence-corrected chi connectivity index (χ3v) is 3.78. The lowest BCUT2D eigenvalue weighted by atomic mass is 10.1. The Bertz CT molecular complexity index is 547. The highest BCUT2D eigenvalue weighted by Gasteiger charge is 2.28. The van der Waals surface area contributed by atoms with E-state index in [9.17, 15) is 9.59 Å². The van der Waals surface area contributed by atoms with E-state index in [4.69, 9.17) is 0 Å². The quantitative estimate of drug-likeness (QED) is 0.843. The highest BCUT2D eigenvalue weighted by molar-refractivity contribution is 5.95. The van der Waals surface area contributed by atoms with Gasteiger partial charge in [0, 0.05) is 38.7 Å². The molecule has 2 aliphatic rings. The smallest absolute Gasteiger partial charge is 0.251 e. The van der Waals surface area contributed by atoms with Crippen molar-refractivity contribution in [1.29, 1.82) is 0 Å². The molecular formula is C14H18ClN3O2. The van der Waals surface area contributed by atoms with Gasteiger partial charge >= 0.3 is 0 Å². The van der Waals surface area contributed by atoms with Crippen molar-refractivity contribution in [3.8, 4) is 0 Å². The van der Waals surface area contributed by atoms with E-state index in [2.05, 4.69) is 10.6 Å². The molecule has 0 aliphatic carbocycles. The normalized spacial score (nSPS) is 20.6. The molecule has 5 nitrogen and oxygen atoms in total. The Morgan fingerprint density at radius 3 is 2.80 bits per heavy atom. The van der Waals surface area contributed by atoms with Crippen LogP contribution in [-0.4, -0.2) is 36.3 Å². The molecule has 20 heavy (non-hydrogen) atoms. The molecule has 0 spiro atoms. The molecule has 1 unspecified atom stereocenters. The van der Waals surface area contributed by atoms with Gasteiger partial charge in [-0.2, -0.15) is 0 Å². The number of fused-ring (bicyclic) bond motifs is 1. The van der Waals surface area contributed by atoms with Gasteiger partial charge in [-0.3, -0.25) is 9.59 Å². The molecule has 0 radical (unpaired) electrons. The number of likely N-dealkylation sites (tertiary alicyclic amines) is 1. The molecule has 108 valence electrons. The van der Waals surface area contributed by atoms with Crippen molar-refractivity contribution in [2.24, 2.45) is 0 Å². The Morgan fingerprint density at radius 2 is 2.10 bits per heavy atom. The van der Waals surface area contributed by atoms with Crippen molar-refractivity contribution in [2.75, 3.05) is 13.6 Å². The molecule has 2 heterocycles. The summed E-state index contributed by atoms with van der Waals surface area (Å²) in [7, 11) is 1.76. The maximum atomic E-state index is 12.2. The molecule has 1 fully saturated rings. The number of hydrogen-bond donors (Lipinski definition) is 2. The molecule has 2 amide bonds. The zero-order chi connectivity index (χ0) is 13.4. The molecule has 2 N–H and O–H groups in total. The van der Waals surface area contributed by atoms with Gasteiger partial charge in [-0.25, -0.2) is 0 Å². The van der Waals surface area contributed by atoms with Crippen molar-refractivity contribution in [3.05, 3.63) is 34.9 Å². The molecule has 1 saturated heterocycles. The van der Waals surface area contributed by atoms with Gasteiger partial charge in [0.15, 0.2) is 0 Å². The van der Waals surface area contributed by atoms with Crippen molar-refractivity contribution in [2.45, 2.75) is 25.6 Å². The van der Waals surface area contributed by atoms with Crippen LogP contribution in [0.1, 0.15) is 27.9 Å². The summed E-state index contributed by atoms with van der Waals surface area (Å²) in [5.74, 6) is -0.00810. The standard InChI is InChI=1S/C14H17N3O2.ClH/c1-17-8-12(5-13(17)18)16-14(19)9-2-3-10-6-15-7-11(10)4-9;/h2-4,12,15H,5-8H2,1H3,(H,16,19);1H. The van der Waals surface area contributed by atoms with Crippen LogP contribution >= 0.6 is 12.4 Å². The van der Waals surface area contributed by atoms with Crippen LogP contribution in [0, 0.1) is 0 Å². The molecule has 2 aliphatic heterocycles. The number of carbonyl (C=O) groups is 2. The molecule has 1 atom stereocenters. The number of nitrogens with zero attached hydrogens (tertiary/aromatic N) is 1. The van der Waals surface area contributed by atoms with Crippen LogP contribution in [0.5, 0.6) is 0 Å². The van der Waals surface area contributed by atoms with Crippen LogP contribution in [-0.2, 0) is 17.9 Å². The molecule has 3 rings (SSSR count). The van der Waals surface area contributed by atoms with Gasteiger partial charge in [0.2, 0.25) is 5.91 Å². The Hall–Kier alpha value is -1.59. The summed E-state index contributed by atoms with van der Waals surface area (Å²) in [5, 5.41) is 6.18. The van der Waals surface area contributed by atoms with Crippen LogP contribution in [0.3, 0.4) is 0 Å². The van der Waals surface area contributed by atoms with Crippen molar-refractivity contribution in [1.82, 2.24) is 15.5 Å². The summed E-state index contributed by atoms with van der Waals surface area (Å²) in [6.07, 6.45) is 0.398. The first kappa shape index (κ1) is 14.8. The fraction of sp³-hybridized carbons (Fsp3) is 0.429. The highest BCUT2D eigenvalue weighted by atomic mass is 35.5. The third-order valence-electron chi connectivity index (χ3n) is 3.78. The lowest BCUT2D eigenvalue weighted by Gasteiger charge is -2.13. The number of rotatable bonds is 2. The van der Waals surface area contributed by atoms with E-state index >= 15 is 0 Å². The topological polar surface area (TPSA) is 61.4 Å². The number of nitrogens with one attached hydrogen (secondary N) is 2. The maximum absolute atomic E-state index is 12.2. The van der Waals surface area contributed by atoms with Crippen LogP contribution in [0.25, 0.3) is 0 Å². The van der Waals surface area contributed by atoms with E-state index in [1.165, 1.54) is 11.1 Å². The zero-order valence-corrected chi connectivity index (χ0v) is 12.1. The van der Waals surface area contributed by atoms with Crippen LogP contribution in [0.4, 0.5) is 0 Å². The minimum Gasteiger partial charge on any atom is -0.347 e. The van der Waals surface area contributed by atoms with Gasteiger partial charge < -0.3 is 15.5 Å². The van der Waals surface area contributed by atoms with Crippen LogP contribution in [0.2, 0.25) is 0 Å². The highest BCUT2D eigenvalue weighted by Crippen LogP contribution is 2.17. The summed E-state index contributed by atoms with van der Waals surface area (Å²) < 4.78 is 0. The number of benzene rings is 1. The summed E-state index contributed by atoms with van der Waals surface area (Å²) >= 11 is 0. The Balaban J connectivity index is 0.00000147. The van der Waals surface area contributed by atoms with E-state index < -0.39 is 0 Å². The average molecular weight is 296 g/mol. The van der Waals surface area contributed by atoms with Crippen molar-refractivity contribution >= 4 is 24.2 Å². The first-order chi connectivity index (χ1) is 9.13. The van der Waals surface area contributed by atoms with Gasteiger partial charge in [-0.05, 0) is 23.3 Å². The van der Waals surface area contributed by atoms with Gasteiger partial charge in [-0.15, -0.1) is 12.4 Å². The van der Waals surface area contributed by atoms with Crippen molar-refractivity contribution in [3.63, 3.8) is 0 Å². The van der Waals surface area contributed by atoms with Gasteiger partial charge in [0.25, 0.3) is 5.91 Å². The van der Waals surface area contributed by atoms with Crippen molar-refractivity contribution < 1.29 is 9.59 Å². The number of likely N-dealkylation sites (N-methyl/N-ethyl adjacent to an activating group) is 1. The van der Waals surface area contributed by atoms with E-state index in [0.717, 1.165) is 13.1 Å². The summed E-state index contributed by atoms with van der Waals surface area (Å²) in [5.41, 5.74) is 3.11. The predicted octanol–water partition coefficient (Wildman–Crippen LogP) is 0.672. The zero-order valence-electron chi connectivity index (χ0n) is 11.3. The summed E-state index contributed by atoms with van der Waals surface area (Å²) in [6.45, 7) is 2.29. The molecule has 0 bridgehead atoms.